The topological polar surface area (TPSA) is 77.6 Å². The van der Waals surface area contributed by atoms with E-state index in [1.165, 1.54) is 29.0 Å². The lowest BCUT2D eigenvalue weighted by molar-refractivity contribution is 0.366. The molecular weight excluding hydrogens is 402 g/mol. The number of rotatable bonds is 5. The molecule has 0 spiro atoms. The molecule has 0 aliphatic carbocycles. The minimum absolute atomic E-state index is 0.124. The van der Waals surface area contributed by atoms with E-state index in [4.69, 9.17) is 0 Å². The molecule has 9 heteroatoms. The van der Waals surface area contributed by atoms with Crippen LogP contribution in [0.2, 0.25) is 0 Å². The summed E-state index contributed by atoms with van der Waals surface area (Å²) >= 11 is 0. The molecule has 160 valence electrons. The van der Waals surface area contributed by atoms with Crippen molar-refractivity contribution in [1.82, 2.24) is 24.3 Å². The second-order valence-electron chi connectivity index (χ2n) is 8.24. The molecule has 0 fully saturated rings. The molecule has 0 bridgehead atoms. The first-order valence-electron chi connectivity index (χ1n) is 9.80. The van der Waals surface area contributed by atoms with Crippen molar-refractivity contribution in [3.63, 3.8) is 0 Å². The van der Waals surface area contributed by atoms with Gasteiger partial charge in [-0.3, -0.25) is 14.3 Å². The van der Waals surface area contributed by atoms with E-state index in [1.807, 2.05) is 20.8 Å². The van der Waals surface area contributed by atoms with Crippen LogP contribution >= 0.6 is 0 Å². The summed E-state index contributed by atoms with van der Waals surface area (Å²) in [6.45, 7) is 6.25. The highest BCUT2D eigenvalue weighted by atomic mass is 19.1. The quantitative estimate of drug-likeness (QED) is 0.529. The van der Waals surface area contributed by atoms with Crippen LogP contribution in [0.15, 0.2) is 53.6 Å². The summed E-state index contributed by atoms with van der Waals surface area (Å²) in [5.41, 5.74) is 0.972. The molecule has 4 aromatic rings. The fraction of sp³-hybridized carbons (Fsp3) is 0.273. The van der Waals surface area contributed by atoms with Gasteiger partial charge in [0.05, 0.1) is 36.7 Å². The number of pyridine rings is 1. The summed E-state index contributed by atoms with van der Waals surface area (Å²) in [5.74, 6) is -0.524. The second-order valence-corrected chi connectivity index (χ2v) is 8.24. The van der Waals surface area contributed by atoms with Gasteiger partial charge < -0.3 is 5.32 Å². The predicted octanol–water partition coefficient (Wildman–Crippen LogP) is 3.68. The summed E-state index contributed by atoms with van der Waals surface area (Å²) in [6.07, 6.45) is 2.63. The number of hydrogen-bond acceptors (Lipinski definition) is 5. The van der Waals surface area contributed by atoms with E-state index < -0.39 is 5.82 Å². The van der Waals surface area contributed by atoms with E-state index in [2.05, 4.69) is 20.4 Å². The van der Waals surface area contributed by atoms with Gasteiger partial charge >= 0.3 is 0 Å². The van der Waals surface area contributed by atoms with Gasteiger partial charge in [0.1, 0.15) is 17.0 Å². The van der Waals surface area contributed by atoms with E-state index in [0.717, 1.165) is 6.20 Å². The van der Waals surface area contributed by atoms with Crippen LogP contribution in [0, 0.1) is 11.6 Å². The highest BCUT2D eigenvalue weighted by Crippen LogP contribution is 2.20. The summed E-state index contributed by atoms with van der Waals surface area (Å²) in [7, 11) is 0. The van der Waals surface area contributed by atoms with Gasteiger partial charge in [-0.05, 0) is 50.6 Å². The van der Waals surface area contributed by atoms with Crippen molar-refractivity contribution in [3.05, 3.63) is 82.0 Å². The largest absolute Gasteiger partial charge is 0.350 e. The van der Waals surface area contributed by atoms with Gasteiger partial charge in [0.2, 0.25) is 5.95 Å². The summed E-state index contributed by atoms with van der Waals surface area (Å²) in [6, 6.07) is 8.92. The van der Waals surface area contributed by atoms with E-state index in [9.17, 15) is 13.6 Å². The Labute approximate surface area is 177 Å². The molecule has 3 aromatic heterocycles. The minimum atomic E-state index is -0.430. The number of halogens is 2. The van der Waals surface area contributed by atoms with Crippen molar-refractivity contribution in [2.24, 2.45) is 0 Å². The lowest BCUT2D eigenvalue weighted by atomic mass is 10.1. The van der Waals surface area contributed by atoms with Crippen LogP contribution in [0.4, 0.5) is 14.7 Å². The van der Waals surface area contributed by atoms with Crippen LogP contribution in [-0.2, 0) is 18.6 Å². The Morgan fingerprint density at radius 1 is 1.06 bits per heavy atom. The highest BCUT2D eigenvalue weighted by Gasteiger charge is 2.22. The van der Waals surface area contributed by atoms with Crippen LogP contribution < -0.4 is 10.9 Å². The number of benzene rings is 1. The molecule has 0 amide bonds. The Kier molecular flexibility index (Phi) is 5.26. The molecular formula is C22H22F2N6O. The average molecular weight is 424 g/mol. The summed E-state index contributed by atoms with van der Waals surface area (Å²) in [4.78, 5) is 22.0. The predicted molar refractivity (Wildman–Crippen MR) is 114 cm³/mol. The van der Waals surface area contributed by atoms with Crippen molar-refractivity contribution in [1.29, 1.82) is 0 Å². The number of hydrogen-bond donors (Lipinski definition) is 1. The molecule has 0 saturated heterocycles. The lowest BCUT2D eigenvalue weighted by Gasteiger charge is -2.20. The third-order valence-corrected chi connectivity index (χ3v) is 4.77. The van der Waals surface area contributed by atoms with Crippen LogP contribution in [0.5, 0.6) is 0 Å². The van der Waals surface area contributed by atoms with Crippen molar-refractivity contribution >= 4 is 17.0 Å². The van der Waals surface area contributed by atoms with Crippen molar-refractivity contribution in [3.8, 4) is 0 Å². The Morgan fingerprint density at radius 3 is 2.55 bits per heavy atom. The number of nitrogens with zero attached hydrogens (tertiary/aromatic N) is 5. The van der Waals surface area contributed by atoms with Crippen molar-refractivity contribution in [2.45, 2.75) is 39.4 Å². The van der Waals surface area contributed by atoms with E-state index >= 15 is 0 Å². The standard InChI is InChI=1S/C22H22F2N6O/c1-22(2,3)30-19-18(12-27-30)20(31)29(13-14-5-4-6-15(23)9-14)21(28-19)26-11-17-8-7-16(24)10-25-17/h4-10,12H,11,13H2,1-3H3,(H,26,28). The average Bonchev–Trinajstić information content (AvgIpc) is 3.15. The highest BCUT2D eigenvalue weighted by molar-refractivity contribution is 5.75. The first-order chi connectivity index (χ1) is 14.7. The van der Waals surface area contributed by atoms with Gasteiger partial charge in [0, 0.05) is 0 Å². The molecule has 3 heterocycles. The lowest BCUT2D eigenvalue weighted by Crippen LogP contribution is -2.28. The first-order valence-corrected chi connectivity index (χ1v) is 9.80. The molecule has 0 unspecified atom stereocenters. The number of fused-ring (bicyclic) bond motifs is 1. The maximum Gasteiger partial charge on any atom is 0.266 e. The molecule has 0 atom stereocenters. The first kappa shape index (κ1) is 20.6. The molecule has 4 rings (SSSR count). The molecule has 0 aliphatic heterocycles. The van der Waals surface area contributed by atoms with Gasteiger partial charge in [-0.15, -0.1) is 0 Å². The fourth-order valence-electron chi connectivity index (χ4n) is 3.27. The zero-order valence-electron chi connectivity index (χ0n) is 17.4. The van der Waals surface area contributed by atoms with E-state index in [-0.39, 0.29) is 30.0 Å². The number of aromatic nitrogens is 5. The van der Waals surface area contributed by atoms with E-state index in [0.29, 0.717) is 28.2 Å². The third-order valence-electron chi connectivity index (χ3n) is 4.77. The molecule has 0 saturated carbocycles. The van der Waals surface area contributed by atoms with Crippen LogP contribution in [0.25, 0.3) is 11.0 Å². The van der Waals surface area contributed by atoms with Crippen LogP contribution in [-0.4, -0.2) is 24.3 Å². The van der Waals surface area contributed by atoms with Crippen molar-refractivity contribution in [2.75, 3.05) is 5.32 Å². The second kappa shape index (κ2) is 7.90. The number of anilines is 1. The maximum atomic E-state index is 13.7. The summed E-state index contributed by atoms with van der Waals surface area (Å²) < 4.78 is 30.0. The normalized spacial score (nSPS) is 11.8. The van der Waals surface area contributed by atoms with Gasteiger partial charge in [0.15, 0.2) is 5.65 Å². The van der Waals surface area contributed by atoms with Gasteiger partial charge in [-0.25, -0.2) is 13.5 Å². The smallest absolute Gasteiger partial charge is 0.266 e. The summed E-state index contributed by atoms with van der Waals surface area (Å²) in [5, 5.41) is 7.85. The molecule has 1 N–H and O–H groups in total. The third kappa shape index (κ3) is 4.30. The molecule has 0 aliphatic rings. The Morgan fingerprint density at radius 2 is 1.87 bits per heavy atom. The number of nitrogens with one attached hydrogen (secondary N) is 1. The van der Waals surface area contributed by atoms with Crippen LogP contribution in [0.1, 0.15) is 32.0 Å². The minimum Gasteiger partial charge on any atom is -0.350 e. The Bertz CT molecular complexity index is 1290. The monoisotopic (exact) mass is 424 g/mol. The zero-order chi connectivity index (χ0) is 22.2. The van der Waals surface area contributed by atoms with Gasteiger partial charge in [0.25, 0.3) is 5.56 Å². The zero-order valence-corrected chi connectivity index (χ0v) is 17.4. The SMILES string of the molecule is CC(C)(C)n1ncc2c(=O)n(Cc3cccc(F)c3)c(NCc3ccc(F)cn3)nc21. The van der Waals surface area contributed by atoms with Crippen molar-refractivity contribution < 1.29 is 8.78 Å². The molecule has 0 radical (unpaired) electrons. The van der Waals surface area contributed by atoms with Crippen LogP contribution in [0.3, 0.4) is 0 Å². The molecule has 31 heavy (non-hydrogen) atoms. The Hall–Kier alpha value is -3.62. The Balaban J connectivity index is 1.80. The fourth-order valence-corrected chi connectivity index (χ4v) is 3.27. The van der Waals surface area contributed by atoms with Gasteiger partial charge in [-0.2, -0.15) is 10.1 Å². The maximum absolute atomic E-state index is 13.7. The van der Waals surface area contributed by atoms with Gasteiger partial charge in [-0.1, -0.05) is 12.1 Å². The molecule has 7 nitrogen and oxygen atoms in total. The molecule has 1 aromatic carbocycles. The van der Waals surface area contributed by atoms with E-state index in [1.54, 1.807) is 22.9 Å².